The molecule has 0 saturated carbocycles. The first-order valence-corrected chi connectivity index (χ1v) is 11.7. The van der Waals surface area contributed by atoms with E-state index in [1.165, 1.54) is 21.6 Å². The number of aryl methyl sites for hydroxylation is 2. The second-order valence-corrected chi connectivity index (χ2v) is 10.5. The minimum atomic E-state index is -0.503. The number of rotatable bonds is 3. The molecule has 0 nitrogen and oxygen atoms in total. The van der Waals surface area contributed by atoms with Crippen LogP contribution in [0.2, 0.25) is 0 Å². The molecule has 0 spiro atoms. The van der Waals surface area contributed by atoms with E-state index in [-0.39, 0.29) is 0 Å². The van der Waals surface area contributed by atoms with E-state index < -0.39 is 10.0 Å². The SMILES string of the molecule is CC.CC/C=C\c1cc(C)ccc1C.CS(C)(C)c1ccccc1. The molecule has 134 valence electrons. The van der Waals surface area contributed by atoms with E-state index in [0.717, 1.165) is 6.42 Å². The zero-order chi connectivity index (χ0) is 18.6. The minimum absolute atomic E-state index is 0.503. The van der Waals surface area contributed by atoms with Gasteiger partial charge in [-0.3, -0.25) is 0 Å². The van der Waals surface area contributed by atoms with Crippen LogP contribution in [-0.2, 0) is 0 Å². The standard InChI is InChI=1S/C12H16.C9H14S.C2H6/c1-4-5-6-12-9-10(2)7-8-11(12)3;1-10(2,3)9-7-5-4-6-8-9;1-2/h5-9H,4H2,1-3H3;4-8H,1-3H3;1-2H3/b6-5-;;. The Morgan fingerprint density at radius 2 is 1.46 bits per heavy atom. The molecular formula is C23H36S. The maximum Gasteiger partial charge on any atom is -0.0106 e. The van der Waals surface area contributed by atoms with Gasteiger partial charge in [-0.15, -0.1) is 0 Å². The molecule has 0 aromatic heterocycles. The van der Waals surface area contributed by atoms with Crippen LogP contribution >= 0.6 is 10.0 Å². The maximum absolute atomic E-state index is 2.31. The molecule has 0 fully saturated rings. The van der Waals surface area contributed by atoms with Gasteiger partial charge in [0.15, 0.2) is 0 Å². The molecule has 0 unspecified atom stereocenters. The van der Waals surface area contributed by atoms with Gasteiger partial charge >= 0.3 is 0 Å². The zero-order valence-electron chi connectivity index (χ0n) is 16.9. The number of allylic oxidation sites excluding steroid dienone is 1. The van der Waals surface area contributed by atoms with E-state index in [1.807, 2.05) is 13.8 Å². The third kappa shape index (κ3) is 8.98. The lowest BCUT2D eigenvalue weighted by atomic mass is 10.1. The Kier molecular flexibility index (Phi) is 11.2. The van der Waals surface area contributed by atoms with Gasteiger partial charge in [0.25, 0.3) is 0 Å². The fraction of sp³-hybridized carbons (Fsp3) is 0.391. The highest BCUT2D eigenvalue weighted by molar-refractivity contribution is 8.32. The molecule has 0 N–H and O–H groups in total. The third-order valence-corrected chi connectivity index (χ3v) is 5.10. The maximum atomic E-state index is 2.31. The van der Waals surface area contributed by atoms with Gasteiger partial charge in [0, 0.05) is 0 Å². The summed E-state index contributed by atoms with van der Waals surface area (Å²) in [5, 5.41) is 0. The van der Waals surface area contributed by atoms with Crippen LogP contribution in [0.3, 0.4) is 0 Å². The Bertz CT molecular complexity index is 589. The Hall–Kier alpha value is -1.47. The summed E-state index contributed by atoms with van der Waals surface area (Å²) in [6.07, 6.45) is 12.4. The largest absolute Gasteiger partial charge is 0.223 e. The van der Waals surface area contributed by atoms with Gasteiger partial charge in [-0.25, -0.2) is 10.0 Å². The van der Waals surface area contributed by atoms with Crippen molar-refractivity contribution >= 4 is 16.1 Å². The first-order valence-electron chi connectivity index (χ1n) is 8.81. The van der Waals surface area contributed by atoms with Gasteiger partial charge in [0.2, 0.25) is 0 Å². The van der Waals surface area contributed by atoms with Crippen molar-refractivity contribution in [2.45, 2.75) is 45.9 Å². The monoisotopic (exact) mass is 344 g/mol. The van der Waals surface area contributed by atoms with Crippen LogP contribution in [-0.4, -0.2) is 18.8 Å². The predicted molar refractivity (Wildman–Crippen MR) is 117 cm³/mol. The van der Waals surface area contributed by atoms with Crippen LogP contribution in [0.25, 0.3) is 6.08 Å². The summed E-state index contributed by atoms with van der Waals surface area (Å²) in [4.78, 5) is 1.48. The van der Waals surface area contributed by atoms with Crippen molar-refractivity contribution in [2.24, 2.45) is 0 Å². The summed E-state index contributed by atoms with van der Waals surface area (Å²) in [6, 6.07) is 17.2. The van der Waals surface area contributed by atoms with Crippen molar-refractivity contribution in [3.05, 3.63) is 71.3 Å². The zero-order valence-corrected chi connectivity index (χ0v) is 17.7. The first-order chi connectivity index (χ1) is 11.3. The molecule has 0 aliphatic heterocycles. The molecule has 2 aromatic rings. The van der Waals surface area contributed by atoms with E-state index in [1.54, 1.807) is 0 Å². The fourth-order valence-electron chi connectivity index (χ4n) is 2.01. The van der Waals surface area contributed by atoms with Crippen molar-refractivity contribution < 1.29 is 0 Å². The quantitative estimate of drug-likeness (QED) is 0.541. The molecule has 0 heterocycles. The van der Waals surface area contributed by atoms with Gasteiger partial charge in [0.1, 0.15) is 0 Å². The number of hydrogen-bond acceptors (Lipinski definition) is 0. The molecule has 1 heteroatoms. The van der Waals surface area contributed by atoms with E-state index in [9.17, 15) is 0 Å². The Labute approximate surface area is 152 Å². The summed E-state index contributed by atoms with van der Waals surface area (Å²) in [6.45, 7) is 10.4. The average molecular weight is 345 g/mol. The van der Waals surface area contributed by atoms with Gasteiger partial charge in [-0.1, -0.05) is 87.0 Å². The average Bonchev–Trinajstić information content (AvgIpc) is 2.58. The molecule has 0 aliphatic carbocycles. The smallest absolute Gasteiger partial charge is 0.0106 e. The van der Waals surface area contributed by atoms with Crippen molar-refractivity contribution in [1.82, 2.24) is 0 Å². The highest BCUT2D eigenvalue weighted by Gasteiger charge is 2.04. The first kappa shape index (κ1) is 22.5. The topological polar surface area (TPSA) is 0 Å². The van der Waals surface area contributed by atoms with Gasteiger partial charge < -0.3 is 0 Å². The molecule has 0 aliphatic rings. The lowest BCUT2D eigenvalue weighted by Gasteiger charge is -2.25. The van der Waals surface area contributed by atoms with Crippen LogP contribution in [0.15, 0.2) is 59.5 Å². The van der Waals surface area contributed by atoms with Crippen LogP contribution in [0.5, 0.6) is 0 Å². The molecule has 24 heavy (non-hydrogen) atoms. The molecule has 0 radical (unpaired) electrons. The van der Waals surface area contributed by atoms with Crippen molar-refractivity contribution in [1.29, 1.82) is 0 Å². The molecular weight excluding hydrogens is 308 g/mol. The van der Waals surface area contributed by atoms with E-state index in [2.05, 4.69) is 100 Å². The summed E-state index contributed by atoms with van der Waals surface area (Å²) >= 11 is 0. The predicted octanol–water partition coefficient (Wildman–Crippen LogP) is 7.49. The summed E-state index contributed by atoms with van der Waals surface area (Å²) in [7, 11) is -0.503. The molecule has 2 aromatic carbocycles. The lowest BCUT2D eigenvalue weighted by Crippen LogP contribution is -1.91. The second-order valence-electron chi connectivity index (χ2n) is 6.32. The molecule has 0 saturated heterocycles. The molecule has 0 amide bonds. The molecule has 2 rings (SSSR count). The minimum Gasteiger partial charge on any atom is -0.223 e. The third-order valence-electron chi connectivity index (χ3n) is 3.42. The Morgan fingerprint density at radius 3 is 1.92 bits per heavy atom. The Balaban J connectivity index is 0.000000405. The lowest BCUT2D eigenvalue weighted by molar-refractivity contribution is 1.23. The highest BCUT2D eigenvalue weighted by Crippen LogP contribution is 2.44. The van der Waals surface area contributed by atoms with Crippen LogP contribution in [0, 0.1) is 13.8 Å². The van der Waals surface area contributed by atoms with Gasteiger partial charge in [-0.2, -0.15) is 0 Å². The summed E-state index contributed by atoms with van der Waals surface area (Å²) < 4.78 is 0. The summed E-state index contributed by atoms with van der Waals surface area (Å²) in [5.74, 6) is 0. The molecule has 0 atom stereocenters. The van der Waals surface area contributed by atoms with Crippen molar-refractivity contribution in [3.63, 3.8) is 0 Å². The highest BCUT2D eigenvalue weighted by atomic mass is 32.3. The second kappa shape index (κ2) is 12.0. The normalized spacial score (nSPS) is 11.2. The van der Waals surface area contributed by atoms with Gasteiger partial charge in [-0.05, 0) is 55.1 Å². The van der Waals surface area contributed by atoms with Crippen LogP contribution in [0.4, 0.5) is 0 Å². The van der Waals surface area contributed by atoms with E-state index >= 15 is 0 Å². The van der Waals surface area contributed by atoms with E-state index in [0.29, 0.717) is 0 Å². The number of hydrogen-bond donors (Lipinski definition) is 0. The van der Waals surface area contributed by atoms with Crippen LogP contribution in [0.1, 0.15) is 43.9 Å². The molecule has 0 bridgehead atoms. The van der Waals surface area contributed by atoms with E-state index in [4.69, 9.17) is 0 Å². The van der Waals surface area contributed by atoms with Gasteiger partial charge in [0.05, 0.1) is 0 Å². The van der Waals surface area contributed by atoms with Crippen molar-refractivity contribution in [3.8, 4) is 0 Å². The van der Waals surface area contributed by atoms with Crippen molar-refractivity contribution in [2.75, 3.05) is 18.8 Å². The van der Waals surface area contributed by atoms with Crippen LogP contribution < -0.4 is 0 Å². The fourth-order valence-corrected chi connectivity index (χ4v) is 2.99. The summed E-state index contributed by atoms with van der Waals surface area (Å²) in [5.41, 5.74) is 4.03. The Morgan fingerprint density at radius 1 is 0.875 bits per heavy atom. The number of benzene rings is 2.